The molecule has 2 N–H and O–H groups in total. The Hall–Kier alpha value is -1.99. The Bertz CT molecular complexity index is 748. The molecule has 0 radical (unpaired) electrons. The third-order valence-corrected chi connectivity index (χ3v) is 4.07. The van der Waals surface area contributed by atoms with Gasteiger partial charge in [0, 0.05) is 13.0 Å². The number of aromatic nitrogens is 4. The van der Waals surface area contributed by atoms with Gasteiger partial charge in [0.05, 0.1) is 25.1 Å². The molecule has 112 valence electrons. The van der Waals surface area contributed by atoms with Gasteiger partial charge in [-0.1, -0.05) is 6.58 Å². The number of imidazole rings is 1. The van der Waals surface area contributed by atoms with Crippen LogP contribution in [0.1, 0.15) is 18.3 Å². The maximum Gasteiger partial charge on any atom is 0.279 e. The van der Waals surface area contributed by atoms with Crippen LogP contribution in [0.5, 0.6) is 0 Å². The lowest BCUT2D eigenvalue weighted by Crippen LogP contribution is -2.19. The second-order valence-electron chi connectivity index (χ2n) is 5.43. The van der Waals surface area contributed by atoms with Crippen molar-refractivity contribution < 1.29 is 9.84 Å². The Morgan fingerprint density at radius 3 is 3.10 bits per heavy atom. The summed E-state index contributed by atoms with van der Waals surface area (Å²) in [6.07, 6.45) is 1.60. The first-order valence-electron chi connectivity index (χ1n) is 6.82. The summed E-state index contributed by atoms with van der Waals surface area (Å²) >= 11 is 0. The molecular weight excluding hydrogens is 272 g/mol. The predicted octanol–water partition coefficient (Wildman–Crippen LogP) is 0.553. The molecule has 7 heteroatoms. The van der Waals surface area contributed by atoms with Crippen LogP contribution in [-0.2, 0) is 4.74 Å². The van der Waals surface area contributed by atoms with Crippen LogP contribution >= 0.6 is 0 Å². The number of aromatic amines is 1. The van der Waals surface area contributed by atoms with Gasteiger partial charge in [-0.15, -0.1) is 0 Å². The van der Waals surface area contributed by atoms with Gasteiger partial charge in [-0.2, -0.15) is 0 Å². The van der Waals surface area contributed by atoms with E-state index in [0.717, 1.165) is 5.57 Å². The van der Waals surface area contributed by atoms with Crippen LogP contribution in [0.4, 0.5) is 0 Å². The fourth-order valence-electron chi connectivity index (χ4n) is 2.99. The first-order valence-corrected chi connectivity index (χ1v) is 6.82. The summed E-state index contributed by atoms with van der Waals surface area (Å²) in [6.45, 7) is 6.24. The summed E-state index contributed by atoms with van der Waals surface area (Å²) < 4.78 is 6.96. The Labute approximate surface area is 121 Å². The first-order chi connectivity index (χ1) is 10.0. The second-order valence-corrected chi connectivity index (χ2v) is 5.43. The van der Waals surface area contributed by atoms with E-state index in [0.29, 0.717) is 30.0 Å². The summed E-state index contributed by atoms with van der Waals surface area (Å²) in [5.74, 6) is 0.424. The van der Waals surface area contributed by atoms with E-state index in [1.54, 1.807) is 20.4 Å². The van der Waals surface area contributed by atoms with E-state index in [1.807, 2.05) is 4.57 Å². The number of nitrogens with zero attached hydrogens (tertiary/aromatic N) is 3. The molecule has 3 atom stereocenters. The number of nitrogens with one attached hydrogen (secondary N) is 1. The predicted molar refractivity (Wildman–Crippen MR) is 77.1 cm³/mol. The summed E-state index contributed by atoms with van der Waals surface area (Å²) in [5, 5.41) is 10.2. The Morgan fingerprint density at radius 2 is 2.38 bits per heavy atom. The van der Waals surface area contributed by atoms with E-state index >= 15 is 0 Å². The van der Waals surface area contributed by atoms with Crippen molar-refractivity contribution >= 4 is 11.2 Å². The van der Waals surface area contributed by atoms with Gasteiger partial charge in [-0.3, -0.25) is 4.79 Å². The molecule has 0 aliphatic heterocycles. The number of methoxy groups -OCH3 is 1. The highest BCUT2D eigenvalue weighted by Gasteiger charge is 2.38. The van der Waals surface area contributed by atoms with Gasteiger partial charge in [-0.05, 0) is 18.9 Å². The van der Waals surface area contributed by atoms with Gasteiger partial charge >= 0.3 is 0 Å². The molecule has 2 aromatic heterocycles. The second kappa shape index (κ2) is 5.09. The van der Waals surface area contributed by atoms with Crippen LogP contribution in [0.25, 0.3) is 11.2 Å². The molecule has 1 aliphatic carbocycles. The third-order valence-electron chi connectivity index (χ3n) is 4.07. The van der Waals surface area contributed by atoms with Crippen molar-refractivity contribution in [2.75, 3.05) is 13.7 Å². The highest BCUT2D eigenvalue weighted by atomic mass is 16.5. The molecule has 1 fully saturated rings. The van der Waals surface area contributed by atoms with Gasteiger partial charge in [0.25, 0.3) is 5.56 Å². The molecule has 0 bridgehead atoms. The largest absolute Gasteiger partial charge is 0.392 e. The molecule has 0 amide bonds. The number of aliphatic hydroxyl groups excluding tert-OH is 1. The molecule has 2 aromatic rings. The monoisotopic (exact) mass is 290 g/mol. The van der Waals surface area contributed by atoms with Crippen LogP contribution in [0.3, 0.4) is 0 Å². The molecule has 21 heavy (non-hydrogen) atoms. The molecule has 1 aliphatic rings. The number of hydrogen-bond acceptors (Lipinski definition) is 5. The molecule has 0 unspecified atom stereocenters. The van der Waals surface area contributed by atoms with Crippen LogP contribution in [-0.4, -0.2) is 44.4 Å². The minimum absolute atomic E-state index is 0.111. The van der Waals surface area contributed by atoms with E-state index in [4.69, 9.17) is 4.74 Å². The minimum Gasteiger partial charge on any atom is -0.392 e. The van der Waals surface area contributed by atoms with E-state index in [9.17, 15) is 9.90 Å². The van der Waals surface area contributed by atoms with Gasteiger partial charge in [0.1, 0.15) is 5.82 Å². The average Bonchev–Trinajstić information content (AvgIpc) is 2.95. The zero-order chi connectivity index (χ0) is 15.1. The van der Waals surface area contributed by atoms with E-state index in [2.05, 4.69) is 21.5 Å². The fourth-order valence-corrected chi connectivity index (χ4v) is 2.99. The van der Waals surface area contributed by atoms with Crippen molar-refractivity contribution in [2.45, 2.75) is 25.5 Å². The van der Waals surface area contributed by atoms with Gasteiger partial charge < -0.3 is 19.4 Å². The van der Waals surface area contributed by atoms with Crippen molar-refractivity contribution in [3.8, 4) is 0 Å². The fraction of sp³-hybridized carbons (Fsp3) is 0.500. The zero-order valence-corrected chi connectivity index (χ0v) is 12.0. The van der Waals surface area contributed by atoms with E-state index < -0.39 is 6.10 Å². The number of aryl methyl sites for hydroxylation is 1. The minimum atomic E-state index is -0.511. The summed E-state index contributed by atoms with van der Waals surface area (Å²) in [4.78, 5) is 23.0. The quantitative estimate of drug-likeness (QED) is 0.805. The topological polar surface area (TPSA) is 93.0 Å². The Balaban J connectivity index is 2.06. The third kappa shape index (κ3) is 2.18. The SMILES string of the molecule is C=C1[C@H](COC)[C@@H](O)C[C@@H]1n1cnc2c(=O)[nH]c(C)nc21. The highest BCUT2D eigenvalue weighted by Crippen LogP contribution is 2.40. The molecule has 3 rings (SSSR count). The van der Waals surface area contributed by atoms with Crippen LogP contribution < -0.4 is 5.56 Å². The molecule has 1 saturated carbocycles. The van der Waals surface area contributed by atoms with Crippen molar-refractivity contribution in [3.05, 3.63) is 34.7 Å². The number of rotatable bonds is 3. The van der Waals surface area contributed by atoms with Crippen molar-refractivity contribution in [2.24, 2.45) is 5.92 Å². The number of hydrogen-bond donors (Lipinski definition) is 2. The lowest BCUT2D eigenvalue weighted by atomic mass is 10.0. The maximum absolute atomic E-state index is 11.9. The number of H-pyrrole nitrogens is 1. The van der Waals surface area contributed by atoms with Crippen LogP contribution in [0, 0.1) is 12.8 Å². The highest BCUT2D eigenvalue weighted by molar-refractivity contribution is 5.69. The standard InChI is InChI=1S/C14H18N4O3/c1-7-9(5-21-3)11(19)4-10(7)18-6-15-12-13(18)16-8(2)17-14(12)20/h6,9-11,19H,1,4-5H2,2-3H3,(H,16,17,20)/t9-,10-,11-/m0/s1. The van der Waals surface area contributed by atoms with Gasteiger partial charge in [0.2, 0.25) is 0 Å². The van der Waals surface area contributed by atoms with E-state index in [1.165, 1.54) is 0 Å². The lowest BCUT2D eigenvalue weighted by molar-refractivity contribution is 0.0794. The number of ether oxygens (including phenoxy) is 1. The maximum atomic E-state index is 11.9. The van der Waals surface area contributed by atoms with Gasteiger partial charge in [-0.25, -0.2) is 9.97 Å². The smallest absolute Gasteiger partial charge is 0.279 e. The first kappa shape index (κ1) is 14.0. The molecule has 0 aromatic carbocycles. The molecular formula is C14H18N4O3. The Morgan fingerprint density at radius 1 is 1.62 bits per heavy atom. The van der Waals surface area contributed by atoms with Crippen molar-refractivity contribution in [1.82, 2.24) is 19.5 Å². The number of fused-ring (bicyclic) bond motifs is 1. The zero-order valence-electron chi connectivity index (χ0n) is 12.0. The lowest BCUT2D eigenvalue weighted by Gasteiger charge is -2.16. The molecule has 2 heterocycles. The summed E-state index contributed by atoms with van der Waals surface area (Å²) in [5.41, 5.74) is 1.45. The summed E-state index contributed by atoms with van der Waals surface area (Å²) in [6, 6.07) is -0.126. The molecule has 7 nitrogen and oxygen atoms in total. The van der Waals surface area contributed by atoms with Crippen molar-refractivity contribution in [1.29, 1.82) is 0 Å². The molecule has 0 spiro atoms. The normalized spacial score (nSPS) is 25.9. The van der Waals surface area contributed by atoms with Crippen LogP contribution in [0.2, 0.25) is 0 Å². The molecule has 0 saturated heterocycles. The van der Waals surface area contributed by atoms with E-state index in [-0.39, 0.29) is 17.5 Å². The van der Waals surface area contributed by atoms with Gasteiger partial charge in [0.15, 0.2) is 11.2 Å². The van der Waals surface area contributed by atoms with Crippen molar-refractivity contribution in [3.63, 3.8) is 0 Å². The number of aliphatic hydroxyl groups is 1. The Kier molecular flexibility index (Phi) is 3.38. The average molecular weight is 290 g/mol. The van der Waals surface area contributed by atoms with Crippen LogP contribution in [0.15, 0.2) is 23.3 Å². The summed E-state index contributed by atoms with van der Waals surface area (Å²) in [7, 11) is 1.60.